The van der Waals surface area contributed by atoms with Gasteiger partial charge < -0.3 is 14.4 Å². The van der Waals surface area contributed by atoms with Crippen LogP contribution >= 0.6 is 11.6 Å². The van der Waals surface area contributed by atoms with Gasteiger partial charge in [-0.3, -0.25) is 4.79 Å². The largest absolute Gasteiger partial charge is 0.493 e. The predicted molar refractivity (Wildman–Crippen MR) is 128 cm³/mol. The molecule has 2 aromatic rings. The molecule has 0 radical (unpaired) electrons. The van der Waals surface area contributed by atoms with Gasteiger partial charge in [0.05, 0.1) is 7.11 Å². The first kappa shape index (κ1) is 25.3. The highest BCUT2D eigenvalue weighted by molar-refractivity contribution is 7.86. The highest BCUT2D eigenvalue weighted by Crippen LogP contribution is 2.30. The van der Waals surface area contributed by atoms with Crippen LogP contribution in [0.1, 0.15) is 29.8 Å². The van der Waals surface area contributed by atoms with Crippen LogP contribution in [0.25, 0.3) is 0 Å². The summed E-state index contributed by atoms with van der Waals surface area (Å²) in [4.78, 5) is 14.7. The number of methoxy groups -OCH3 is 1. The molecule has 0 saturated carbocycles. The minimum Gasteiger partial charge on any atom is -0.493 e. The Morgan fingerprint density at radius 3 is 2.30 bits per heavy atom. The average Bonchev–Trinajstić information content (AvgIpc) is 2.83. The molecule has 0 aliphatic carbocycles. The Labute approximate surface area is 200 Å². The second kappa shape index (κ2) is 11.2. The van der Waals surface area contributed by atoms with E-state index in [1.54, 1.807) is 29.2 Å². The van der Waals surface area contributed by atoms with E-state index in [9.17, 15) is 13.2 Å². The maximum Gasteiger partial charge on any atom is 0.282 e. The third kappa shape index (κ3) is 5.78. The summed E-state index contributed by atoms with van der Waals surface area (Å²) in [6.45, 7) is 5.92. The molecular formula is C23H30ClN3O5S. The zero-order valence-corrected chi connectivity index (χ0v) is 20.7. The van der Waals surface area contributed by atoms with Gasteiger partial charge in [-0.15, -0.1) is 0 Å². The van der Waals surface area contributed by atoms with Gasteiger partial charge in [0.2, 0.25) is 0 Å². The van der Waals surface area contributed by atoms with Crippen LogP contribution in [0.3, 0.4) is 0 Å². The van der Waals surface area contributed by atoms with Gasteiger partial charge in [0.25, 0.3) is 16.1 Å². The van der Waals surface area contributed by atoms with Gasteiger partial charge in [-0.05, 0) is 24.3 Å². The number of ether oxygens (including phenoxy) is 2. The minimum absolute atomic E-state index is 0.175. The van der Waals surface area contributed by atoms with Crippen LogP contribution < -0.4 is 9.47 Å². The Kier molecular flexibility index (Phi) is 8.58. The predicted octanol–water partition coefficient (Wildman–Crippen LogP) is 3.27. The van der Waals surface area contributed by atoms with Crippen molar-refractivity contribution in [2.75, 3.05) is 46.4 Å². The van der Waals surface area contributed by atoms with E-state index in [4.69, 9.17) is 21.1 Å². The van der Waals surface area contributed by atoms with E-state index in [0.29, 0.717) is 48.3 Å². The molecule has 1 aliphatic rings. The Balaban J connectivity index is 1.65. The zero-order valence-electron chi connectivity index (χ0n) is 19.2. The van der Waals surface area contributed by atoms with Crippen LogP contribution in [0.2, 0.25) is 5.02 Å². The Morgan fingerprint density at radius 2 is 1.70 bits per heavy atom. The molecule has 1 saturated heterocycles. The van der Waals surface area contributed by atoms with E-state index in [0.717, 1.165) is 5.56 Å². The fourth-order valence-electron chi connectivity index (χ4n) is 3.71. The fraction of sp³-hybridized carbons (Fsp3) is 0.435. The third-order valence-electron chi connectivity index (χ3n) is 5.64. The Morgan fingerprint density at radius 1 is 1.03 bits per heavy atom. The smallest absolute Gasteiger partial charge is 0.282 e. The molecule has 180 valence electrons. The number of hydrogen-bond acceptors (Lipinski definition) is 5. The van der Waals surface area contributed by atoms with Gasteiger partial charge in [0.1, 0.15) is 6.61 Å². The molecule has 1 heterocycles. The van der Waals surface area contributed by atoms with E-state index in [1.807, 2.05) is 32.0 Å². The molecule has 0 unspecified atom stereocenters. The van der Waals surface area contributed by atoms with Gasteiger partial charge in [0.15, 0.2) is 11.5 Å². The van der Waals surface area contributed by atoms with Crippen molar-refractivity contribution in [2.45, 2.75) is 20.5 Å². The van der Waals surface area contributed by atoms with Gasteiger partial charge in [-0.2, -0.15) is 17.0 Å². The summed E-state index contributed by atoms with van der Waals surface area (Å²) in [6, 6.07) is 12.4. The number of carbonyl (C=O) groups is 1. The third-order valence-corrected chi connectivity index (χ3v) is 8.19. The highest BCUT2D eigenvalue weighted by atomic mass is 35.5. The summed E-state index contributed by atoms with van der Waals surface area (Å²) in [5.41, 5.74) is 1.30. The first-order chi connectivity index (χ1) is 15.8. The normalized spacial score (nSPS) is 15.0. The standard InChI is InChI=1S/C23H30ClN3O5S/c1-4-26(5-2)33(29,30)27-14-12-25(13-15-27)23(28)18-10-11-21(22(16-18)31-3)32-17-19-8-6-7-9-20(19)24/h6-11,16H,4-5,12-15,17H2,1-3H3. The molecule has 1 aliphatic heterocycles. The average molecular weight is 496 g/mol. The van der Waals surface area contributed by atoms with Gasteiger partial charge >= 0.3 is 0 Å². The van der Waals surface area contributed by atoms with Crippen LogP contribution in [-0.2, 0) is 16.8 Å². The number of nitrogens with zero attached hydrogens (tertiary/aromatic N) is 3. The quantitative estimate of drug-likeness (QED) is 0.533. The molecule has 10 heteroatoms. The molecule has 33 heavy (non-hydrogen) atoms. The number of rotatable bonds is 9. The van der Waals surface area contributed by atoms with Gasteiger partial charge in [0, 0.05) is 55.4 Å². The van der Waals surface area contributed by atoms with Gasteiger partial charge in [-0.25, -0.2) is 0 Å². The van der Waals surface area contributed by atoms with Crippen LogP contribution in [0, 0.1) is 0 Å². The first-order valence-corrected chi connectivity index (χ1v) is 12.7. The van der Waals surface area contributed by atoms with Crippen molar-refractivity contribution in [3.8, 4) is 11.5 Å². The molecule has 1 fully saturated rings. The Bertz CT molecular complexity index is 1070. The number of amides is 1. The van der Waals surface area contributed by atoms with Crippen LogP contribution in [0.5, 0.6) is 11.5 Å². The monoisotopic (exact) mass is 495 g/mol. The molecule has 2 aromatic carbocycles. The van der Waals surface area contributed by atoms with Crippen LogP contribution in [0.15, 0.2) is 42.5 Å². The number of hydrogen-bond donors (Lipinski definition) is 0. The second-order valence-electron chi connectivity index (χ2n) is 7.53. The maximum atomic E-state index is 13.0. The van der Waals surface area contributed by atoms with Crippen molar-refractivity contribution >= 4 is 27.7 Å². The van der Waals surface area contributed by atoms with E-state index in [-0.39, 0.29) is 25.6 Å². The molecule has 0 N–H and O–H groups in total. The fourth-order valence-corrected chi connectivity index (χ4v) is 5.50. The number of benzene rings is 2. The van der Waals surface area contributed by atoms with E-state index < -0.39 is 10.2 Å². The van der Waals surface area contributed by atoms with E-state index >= 15 is 0 Å². The molecule has 1 amide bonds. The maximum absolute atomic E-state index is 13.0. The van der Waals surface area contributed by atoms with Crippen molar-refractivity contribution in [3.63, 3.8) is 0 Å². The minimum atomic E-state index is -3.50. The number of halogens is 1. The molecule has 3 rings (SSSR count). The van der Waals surface area contributed by atoms with E-state index in [2.05, 4.69) is 0 Å². The molecule has 0 atom stereocenters. The van der Waals surface area contributed by atoms with Crippen molar-refractivity contribution in [2.24, 2.45) is 0 Å². The summed E-state index contributed by atoms with van der Waals surface area (Å²) in [5, 5.41) is 0.616. The SMILES string of the molecule is CCN(CC)S(=O)(=O)N1CCN(C(=O)c2ccc(OCc3ccccc3Cl)c(OC)c2)CC1. The van der Waals surface area contributed by atoms with E-state index in [1.165, 1.54) is 15.7 Å². The Hall–Kier alpha value is -2.33. The molecular weight excluding hydrogens is 466 g/mol. The molecule has 0 spiro atoms. The molecule has 0 aromatic heterocycles. The summed E-state index contributed by atoms with van der Waals surface area (Å²) in [7, 11) is -1.99. The lowest BCUT2D eigenvalue weighted by atomic mass is 10.1. The van der Waals surface area contributed by atoms with Crippen molar-refractivity contribution in [1.29, 1.82) is 0 Å². The molecule has 8 nitrogen and oxygen atoms in total. The summed E-state index contributed by atoms with van der Waals surface area (Å²) < 4.78 is 39.6. The first-order valence-electron chi connectivity index (χ1n) is 10.9. The highest BCUT2D eigenvalue weighted by Gasteiger charge is 2.32. The summed E-state index contributed by atoms with van der Waals surface area (Å²) in [5.74, 6) is 0.769. The second-order valence-corrected chi connectivity index (χ2v) is 9.86. The van der Waals surface area contributed by atoms with Crippen molar-refractivity contribution in [1.82, 2.24) is 13.5 Å². The lowest BCUT2D eigenvalue weighted by molar-refractivity contribution is 0.0693. The number of carbonyl (C=O) groups excluding carboxylic acids is 1. The summed E-state index contributed by atoms with van der Waals surface area (Å²) >= 11 is 6.18. The van der Waals surface area contributed by atoms with Crippen LogP contribution in [-0.4, -0.2) is 74.2 Å². The zero-order chi connectivity index (χ0) is 24.0. The lowest BCUT2D eigenvalue weighted by Gasteiger charge is -2.36. The molecule has 0 bridgehead atoms. The number of piperazine rings is 1. The van der Waals surface area contributed by atoms with Crippen molar-refractivity contribution in [3.05, 3.63) is 58.6 Å². The lowest BCUT2D eigenvalue weighted by Crippen LogP contribution is -2.54. The van der Waals surface area contributed by atoms with Crippen molar-refractivity contribution < 1.29 is 22.7 Å². The summed E-state index contributed by atoms with van der Waals surface area (Å²) in [6.07, 6.45) is 0. The van der Waals surface area contributed by atoms with Gasteiger partial charge in [-0.1, -0.05) is 43.6 Å². The van der Waals surface area contributed by atoms with Crippen LogP contribution in [0.4, 0.5) is 0 Å². The topological polar surface area (TPSA) is 79.4 Å².